The topological polar surface area (TPSA) is 119 Å². The van der Waals surface area contributed by atoms with Crippen molar-refractivity contribution >= 4 is 21.9 Å². The lowest BCUT2D eigenvalue weighted by Gasteiger charge is -2.14. The van der Waals surface area contributed by atoms with E-state index in [9.17, 15) is 13.2 Å². The highest BCUT2D eigenvalue weighted by Gasteiger charge is 2.38. The Balaban J connectivity index is 1.92. The van der Waals surface area contributed by atoms with E-state index in [1.165, 1.54) is 11.1 Å². The lowest BCUT2D eigenvalue weighted by atomic mass is 10.2. The predicted octanol–water partition coefficient (Wildman–Crippen LogP) is -0.0676. The zero-order valence-electron chi connectivity index (χ0n) is 11.5. The summed E-state index contributed by atoms with van der Waals surface area (Å²) in [5.74, 6) is -0.184. The van der Waals surface area contributed by atoms with Gasteiger partial charge in [-0.25, -0.2) is 23.5 Å². The molecule has 1 aliphatic rings. The van der Waals surface area contributed by atoms with E-state index in [4.69, 9.17) is 5.14 Å². The van der Waals surface area contributed by atoms with Crippen LogP contribution in [0.3, 0.4) is 0 Å². The molecule has 1 amide bonds. The van der Waals surface area contributed by atoms with Crippen molar-refractivity contribution in [2.45, 2.75) is 11.7 Å². The smallest absolute Gasteiger partial charge is 0.232 e. The number of amides is 1. The number of rotatable bonds is 3. The van der Waals surface area contributed by atoms with Crippen molar-refractivity contribution in [3.05, 3.63) is 36.8 Å². The van der Waals surface area contributed by atoms with E-state index < -0.39 is 15.3 Å². The molecule has 0 aromatic carbocycles. The molecule has 3 heterocycles. The van der Waals surface area contributed by atoms with Gasteiger partial charge < -0.3 is 0 Å². The Morgan fingerprint density at radius 3 is 2.55 bits per heavy atom. The molecule has 9 heteroatoms. The van der Waals surface area contributed by atoms with E-state index in [2.05, 4.69) is 15.0 Å². The number of sulfonamides is 1. The molecule has 0 bridgehead atoms. The Morgan fingerprint density at radius 2 is 1.91 bits per heavy atom. The highest BCUT2D eigenvalue weighted by atomic mass is 32.2. The lowest BCUT2D eigenvalue weighted by Crippen LogP contribution is -2.32. The Kier molecular flexibility index (Phi) is 3.59. The molecule has 2 aromatic heterocycles. The molecule has 8 nitrogen and oxygen atoms in total. The van der Waals surface area contributed by atoms with Crippen LogP contribution in [-0.2, 0) is 14.8 Å². The first-order valence-electron chi connectivity index (χ1n) is 6.50. The van der Waals surface area contributed by atoms with Gasteiger partial charge in [-0.15, -0.1) is 0 Å². The van der Waals surface area contributed by atoms with E-state index in [0.29, 0.717) is 5.69 Å². The molecule has 0 aliphatic carbocycles. The van der Waals surface area contributed by atoms with Gasteiger partial charge in [0.25, 0.3) is 0 Å². The van der Waals surface area contributed by atoms with Gasteiger partial charge in [0.15, 0.2) is 0 Å². The molecule has 0 spiro atoms. The fourth-order valence-electron chi connectivity index (χ4n) is 2.25. The van der Waals surface area contributed by atoms with Crippen molar-refractivity contribution < 1.29 is 13.2 Å². The molecule has 0 saturated carbocycles. The average Bonchev–Trinajstić information content (AvgIpc) is 2.90. The molecular weight excluding hydrogens is 306 g/mol. The van der Waals surface area contributed by atoms with Gasteiger partial charge >= 0.3 is 0 Å². The quantitative estimate of drug-likeness (QED) is 0.846. The van der Waals surface area contributed by atoms with Crippen LogP contribution in [0.1, 0.15) is 6.42 Å². The van der Waals surface area contributed by atoms with E-state index in [1.807, 2.05) is 0 Å². The van der Waals surface area contributed by atoms with E-state index in [1.54, 1.807) is 30.6 Å². The highest BCUT2D eigenvalue weighted by molar-refractivity contribution is 7.89. The molecular formula is C13H13N5O3S. The second-order valence-corrected chi connectivity index (χ2v) is 6.74. The number of anilines is 1. The van der Waals surface area contributed by atoms with Gasteiger partial charge in [0.05, 0.1) is 5.69 Å². The van der Waals surface area contributed by atoms with Crippen LogP contribution < -0.4 is 10.0 Å². The Labute approximate surface area is 127 Å². The minimum absolute atomic E-state index is 0.0303. The maximum Gasteiger partial charge on any atom is 0.232 e. The molecule has 1 fully saturated rings. The molecule has 1 unspecified atom stereocenters. The minimum Gasteiger partial charge on any atom is -0.279 e. The zero-order chi connectivity index (χ0) is 15.7. The van der Waals surface area contributed by atoms with E-state index >= 15 is 0 Å². The SMILES string of the molecule is NS(=O)(=O)C1CC(=O)N(c2nccc(-c3ccncc3)n2)C1. The number of carbonyl (C=O) groups excluding carboxylic acids is 1. The zero-order valence-corrected chi connectivity index (χ0v) is 12.3. The van der Waals surface area contributed by atoms with Gasteiger partial charge in [-0.05, 0) is 18.2 Å². The summed E-state index contributed by atoms with van der Waals surface area (Å²) < 4.78 is 22.8. The van der Waals surface area contributed by atoms with Crippen LogP contribution in [0.2, 0.25) is 0 Å². The van der Waals surface area contributed by atoms with Gasteiger partial charge in [0, 0.05) is 37.1 Å². The normalized spacial score (nSPS) is 18.7. The molecule has 0 radical (unpaired) electrons. The number of carbonyl (C=O) groups is 1. The summed E-state index contributed by atoms with van der Waals surface area (Å²) in [4.78, 5) is 25.6. The third-order valence-electron chi connectivity index (χ3n) is 3.41. The van der Waals surface area contributed by atoms with Gasteiger partial charge in [-0.2, -0.15) is 0 Å². The highest BCUT2D eigenvalue weighted by Crippen LogP contribution is 2.23. The standard InChI is InChI=1S/C13H13N5O3S/c14-22(20,21)10-7-12(19)18(8-10)13-16-6-3-11(17-13)9-1-4-15-5-2-9/h1-6,10H,7-8H2,(H2,14,20,21). The van der Waals surface area contributed by atoms with Crippen LogP contribution in [0.15, 0.2) is 36.8 Å². The third kappa shape index (κ3) is 2.81. The monoisotopic (exact) mass is 319 g/mol. The summed E-state index contributed by atoms with van der Waals surface area (Å²) in [7, 11) is -3.76. The van der Waals surface area contributed by atoms with Crippen molar-refractivity contribution in [1.82, 2.24) is 15.0 Å². The van der Waals surface area contributed by atoms with Crippen molar-refractivity contribution in [3.63, 3.8) is 0 Å². The largest absolute Gasteiger partial charge is 0.279 e. The Hall–Kier alpha value is -2.39. The number of aromatic nitrogens is 3. The summed E-state index contributed by atoms with van der Waals surface area (Å²) >= 11 is 0. The van der Waals surface area contributed by atoms with Crippen LogP contribution in [0.25, 0.3) is 11.3 Å². The van der Waals surface area contributed by atoms with Crippen molar-refractivity contribution in [2.24, 2.45) is 5.14 Å². The maximum absolute atomic E-state index is 12.0. The van der Waals surface area contributed by atoms with Crippen LogP contribution in [0.4, 0.5) is 5.95 Å². The summed E-state index contributed by atoms with van der Waals surface area (Å²) in [6.45, 7) is -0.0303. The van der Waals surface area contributed by atoms with Gasteiger partial charge in [0.2, 0.25) is 21.9 Å². The summed E-state index contributed by atoms with van der Waals surface area (Å²) in [6.07, 6.45) is 4.64. The van der Waals surface area contributed by atoms with Crippen LogP contribution in [0, 0.1) is 0 Å². The average molecular weight is 319 g/mol. The summed E-state index contributed by atoms with van der Waals surface area (Å²) in [6, 6.07) is 5.27. The molecule has 2 aromatic rings. The Bertz CT molecular complexity index is 809. The summed E-state index contributed by atoms with van der Waals surface area (Å²) in [5.41, 5.74) is 1.45. The van der Waals surface area contributed by atoms with E-state index in [0.717, 1.165) is 5.56 Å². The number of nitrogens with zero attached hydrogens (tertiary/aromatic N) is 4. The number of nitrogens with two attached hydrogens (primary N) is 1. The maximum atomic E-state index is 12.0. The molecule has 22 heavy (non-hydrogen) atoms. The van der Waals surface area contributed by atoms with Gasteiger partial charge in [0.1, 0.15) is 5.25 Å². The van der Waals surface area contributed by atoms with Crippen LogP contribution in [0.5, 0.6) is 0 Å². The predicted molar refractivity (Wildman–Crippen MR) is 79.1 cm³/mol. The molecule has 1 atom stereocenters. The lowest BCUT2D eigenvalue weighted by molar-refractivity contribution is -0.117. The molecule has 3 rings (SSSR count). The first-order valence-corrected chi connectivity index (χ1v) is 8.11. The van der Waals surface area contributed by atoms with E-state index in [-0.39, 0.29) is 24.8 Å². The first kappa shape index (κ1) is 14.5. The number of pyridine rings is 1. The van der Waals surface area contributed by atoms with Crippen LogP contribution >= 0.6 is 0 Å². The number of hydrogen-bond acceptors (Lipinski definition) is 6. The number of hydrogen-bond donors (Lipinski definition) is 1. The van der Waals surface area contributed by atoms with Crippen LogP contribution in [-0.4, -0.2) is 41.1 Å². The third-order valence-corrected chi connectivity index (χ3v) is 4.66. The fourth-order valence-corrected chi connectivity index (χ4v) is 2.98. The fraction of sp³-hybridized carbons (Fsp3) is 0.231. The second kappa shape index (κ2) is 5.43. The van der Waals surface area contributed by atoms with Gasteiger partial charge in [-0.1, -0.05) is 0 Å². The Morgan fingerprint density at radius 1 is 1.18 bits per heavy atom. The molecule has 1 saturated heterocycles. The van der Waals surface area contributed by atoms with Crippen molar-refractivity contribution in [3.8, 4) is 11.3 Å². The molecule has 1 aliphatic heterocycles. The van der Waals surface area contributed by atoms with Gasteiger partial charge in [-0.3, -0.25) is 14.7 Å². The summed E-state index contributed by atoms with van der Waals surface area (Å²) in [5, 5.41) is 4.19. The molecule has 2 N–H and O–H groups in total. The van der Waals surface area contributed by atoms with Crippen molar-refractivity contribution in [2.75, 3.05) is 11.4 Å². The second-order valence-electron chi connectivity index (χ2n) is 4.90. The number of primary sulfonamides is 1. The van der Waals surface area contributed by atoms with Crippen molar-refractivity contribution in [1.29, 1.82) is 0 Å². The first-order chi connectivity index (χ1) is 10.4. The molecule has 114 valence electrons. The minimum atomic E-state index is -3.76.